The van der Waals surface area contributed by atoms with Crippen LogP contribution < -0.4 is 10.6 Å². The Balaban J connectivity index is 2.42. The number of carbonyl (C=O) groups excluding carboxylic acids is 1. The first-order chi connectivity index (χ1) is 8.11. The van der Waals surface area contributed by atoms with Crippen molar-refractivity contribution in [1.29, 1.82) is 0 Å². The van der Waals surface area contributed by atoms with Crippen LogP contribution in [0, 0.1) is 0 Å². The highest BCUT2D eigenvalue weighted by Gasteiger charge is 1.99. The lowest BCUT2D eigenvalue weighted by Gasteiger charge is -2.08. The Hall–Kier alpha value is -1.35. The van der Waals surface area contributed by atoms with E-state index >= 15 is 0 Å². The number of carbonyl (C=O) groups is 1. The summed E-state index contributed by atoms with van der Waals surface area (Å²) in [6, 6.07) is 8.56. The van der Waals surface area contributed by atoms with Crippen molar-refractivity contribution < 1.29 is 4.79 Å². The molecule has 0 aliphatic rings. The van der Waals surface area contributed by atoms with Crippen molar-refractivity contribution in [2.24, 2.45) is 0 Å². The van der Waals surface area contributed by atoms with Crippen LogP contribution in [0.4, 0.5) is 5.69 Å². The summed E-state index contributed by atoms with van der Waals surface area (Å²) in [5.41, 5.74) is 2.16. The monoisotopic (exact) mass is 234 g/mol. The number of nitrogens with one attached hydrogen (secondary N) is 2. The van der Waals surface area contributed by atoms with Gasteiger partial charge in [0.1, 0.15) is 0 Å². The molecule has 0 saturated carbocycles. The van der Waals surface area contributed by atoms with E-state index in [2.05, 4.69) is 36.6 Å². The molecule has 3 nitrogen and oxygen atoms in total. The van der Waals surface area contributed by atoms with Crippen LogP contribution in [0.1, 0.15) is 32.8 Å². The highest BCUT2D eigenvalue weighted by Crippen LogP contribution is 2.10. The Kier molecular flexibility index (Phi) is 5.70. The first kappa shape index (κ1) is 13.7. The van der Waals surface area contributed by atoms with Gasteiger partial charge in [0, 0.05) is 18.2 Å². The highest BCUT2D eigenvalue weighted by atomic mass is 16.1. The molecule has 1 aromatic rings. The second-order valence-electron chi connectivity index (χ2n) is 4.46. The maximum Gasteiger partial charge on any atom is 0.224 e. The molecule has 0 aliphatic heterocycles. The molecule has 94 valence electrons. The molecule has 1 amide bonds. The van der Waals surface area contributed by atoms with Crippen molar-refractivity contribution in [3.63, 3.8) is 0 Å². The van der Waals surface area contributed by atoms with Gasteiger partial charge >= 0.3 is 0 Å². The Morgan fingerprint density at radius 1 is 1.24 bits per heavy atom. The molecule has 0 bridgehead atoms. The molecular formula is C14H22N2O. The molecule has 0 saturated heterocycles. The molecule has 2 N–H and O–H groups in total. The quantitative estimate of drug-likeness (QED) is 0.794. The van der Waals surface area contributed by atoms with Crippen LogP contribution in [0.2, 0.25) is 0 Å². The molecule has 1 rings (SSSR count). The molecule has 0 unspecified atom stereocenters. The van der Waals surface area contributed by atoms with Crippen LogP contribution in [0.15, 0.2) is 24.3 Å². The Morgan fingerprint density at radius 2 is 1.88 bits per heavy atom. The smallest absolute Gasteiger partial charge is 0.224 e. The average molecular weight is 234 g/mol. The Morgan fingerprint density at radius 3 is 2.41 bits per heavy atom. The van der Waals surface area contributed by atoms with E-state index in [0.29, 0.717) is 12.5 Å². The summed E-state index contributed by atoms with van der Waals surface area (Å²) in [7, 11) is 0. The van der Waals surface area contributed by atoms with E-state index in [1.165, 1.54) is 5.56 Å². The van der Waals surface area contributed by atoms with Gasteiger partial charge in [0.15, 0.2) is 0 Å². The van der Waals surface area contributed by atoms with Gasteiger partial charge in [-0.25, -0.2) is 0 Å². The van der Waals surface area contributed by atoms with Gasteiger partial charge in [-0.15, -0.1) is 0 Å². The number of hydrogen-bond donors (Lipinski definition) is 2. The van der Waals surface area contributed by atoms with Crippen molar-refractivity contribution in [2.45, 2.75) is 39.7 Å². The van der Waals surface area contributed by atoms with Crippen LogP contribution in [-0.4, -0.2) is 18.5 Å². The summed E-state index contributed by atoms with van der Waals surface area (Å²) >= 11 is 0. The van der Waals surface area contributed by atoms with Crippen molar-refractivity contribution in [2.75, 3.05) is 11.9 Å². The molecule has 0 aliphatic carbocycles. The molecule has 1 aromatic carbocycles. The van der Waals surface area contributed by atoms with Gasteiger partial charge in [0.2, 0.25) is 5.91 Å². The van der Waals surface area contributed by atoms with Gasteiger partial charge in [-0.2, -0.15) is 0 Å². The molecule has 0 spiro atoms. The second-order valence-corrected chi connectivity index (χ2v) is 4.46. The van der Waals surface area contributed by atoms with Crippen LogP contribution in [0.25, 0.3) is 0 Å². The Labute approximate surface area is 104 Å². The lowest BCUT2D eigenvalue weighted by Crippen LogP contribution is -2.24. The standard InChI is InChI=1S/C14H22N2O/c1-4-14(17)16-13-7-5-12(6-8-13)9-10-15-11(2)3/h5-8,11,15H,4,9-10H2,1-3H3,(H,16,17). The zero-order valence-electron chi connectivity index (χ0n) is 10.9. The zero-order chi connectivity index (χ0) is 12.7. The van der Waals surface area contributed by atoms with Gasteiger partial charge in [0.25, 0.3) is 0 Å². The van der Waals surface area contributed by atoms with Crippen LogP contribution in [-0.2, 0) is 11.2 Å². The Bertz CT molecular complexity index is 344. The molecule has 0 fully saturated rings. The minimum atomic E-state index is 0.0548. The van der Waals surface area contributed by atoms with E-state index in [0.717, 1.165) is 18.7 Å². The van der Waals surface area contributed by atoms with E-state index in [1.807, 2.05) is 19.1 Å². The molecule has 0 atom stereocenters. The van der Waals surface area contributed by atoms with Crippen molar-refractivity contribution >= 4 is 11.6 Å². The van der Waals surface area contributed by atoms with Crippen LogP contribution in [0.5, 0.6) is 0 Å². The summed E-state index contributed by atoms with van der Waals surface area (Å²) in [5, 5.41) is 6.22. The second kappa shape index (κ2) is 7.07. The highest BCUT2D eigenvalue weighted by molar-refractivity contribution is 5.90. The largest absolute Gasteiger partial charge is 0.326 e. The van der Waals surface area contributed by atoms with Gasteiger partial charge in [-0.05, 0) is 30.7 Å². The summed E-state index contributed by atoms with van der Waals surface area (Å²) in [5.74, 6) is 0.0548. The number of anilines is 1. The maximum atomic E-state index is 11.2. The van der Waals surface area contributed by atoms with E-state index in [4.69, 9.17) is 0 Å². The van der Waals surface area contributed by atoms with Crippen molar-refractivity contribution in [3.8, 4) is 0 Å². The van der Waals surface area contributed by atoms with Crippen molar-refractivity contribution in [1.82, 2.24) is 5.32 Å². The molecule has 17 heavy (non-hydrogen) atoms. The molecule has 3 heteroatoms. The first-order valence-electron chi connectivity index (χ1n) is 6.24. The first-order valence-corrected chi connectivity index (χ1v) is 6.24. The summed E-state index contributed by atoms with van der Waals surface area (Å²) in [6.07, 6.45) is 1.53. The summed E-state index contributed by atoms with van der Waals surface area (Å²) < 4.78 is 0. The van der Waals surface area contributed by atoms with Gasteiger partial charge < -0.3 is 10.6 Å². The number of rotatable bonds is 6. The SMILES string of the molecule is CCC(=O)Nc1ccc(CCNC(C)C)cc1. The van der Waals surface area contributed by atoms with Gasteiger partial charge in [-0.3, -0.25) is 4.79 Å². The number of amides is 1. The van der Waals surface area contributed by atoms with Gasteiger partial charge in [-0.1, -0.05) is 32.9 Å². The minimum Gasteiger partial charge on any atom is -0.326 e. The lowest BCUT2D eigenvalue weighted by atomic mass is 10.1. The normalized spacial score (nSPS) is 10.6. The molecule has 0 heterocycles. The fraction of sp³-hybridized carbons (Fsp3) is 0.500. The van der Waals surface area contributed by atoms with E-state index in [1.54, 1.807) is 0 Å². The van der Waals surface area contributed by atoms with E-state index in [-0.39, 0.29) is 5.91 Å². The van der Waals surface area contributed by atoms with Crippen LogP contribution >= 0.6 is 0 Å². The molecular weight excluding hydrogens is 212 g/mol. The third kappa shape index (κ3) is 5.50. The minimum absolute atomic E-state index is 0.0548. The maximum absolute atomic E-state index is 11.2. The van der Waals surface area contributed by atoms with Gasteiger partial charge in [0.05, 0.1) is 0 Å². The predicted molar refractivity (Wildman–Crippen MR) is 72.2 cm³/mol. The lowest BCUT2D eigenvalue weighted by molar-refractivity contribution is -0.115. The molecule has 0 radical (unpaired) electrons. The van der Waals surface area contributed by atoms with E-state index < -0.39 is 0 Å². The van der Waals surface area contributed by atoms with E-state index in [9.17, 15) is 4.79 Å². The third-order valence-electron chi connectivity index (χ3n) is 2.53. The number of hydrogen-bond acceptors (Lipinski definition) is 2. The predicted octanol–water partition coefficient (Wildman–Crippen LogP) is 2.58. The molecule has 0 aromatic heterocycles. The average Bonchev–Trinajstić information content (AvgIpc) is 2.31. The summed E-state index contributed by atoms with van der Waals surface area (Å²) in [4.78, 5) is 11.2. The third-order valence-corrected chi connectivity index (χ3v) is 2.53. The fourth-order valence-corrected chi connectivity index (χ4v) is 1.51. The van der Waals surface area contributed by atoms with Crippen molar-refractivity contribution in [3.05, 3.63) is 29.8 Å². The summed E-state index contributed by atoms with van der Waals surface area (Å²) in [6.45, 7) is 7.12. The fourth-order valence-electron chi connectivity index (χ4n) is 1.51. The zero-order valence-corrected chi connectivity index (χ0v) is 10.9. The number of benzene rings is 1. The topological polar surface area (TPSA) is 41.1 Å². The van der Waals surface area contributed by atoms with Crippen LogP contribution in [0.3, 0.4) is 0 Å².